The summed E-state index contributed by atoms with van der Waals surface area (Å²) in [6.07, 6.45) is 3.34. The third kappa shape index (κ3) is 4.09. The predicted molar refractivity (Wildman–Crippen MR) is 121 cm³/mol. The molecule has 0 aliphatic heterocycles. The number of nitrogens with one attached hydrogen (secondary N) is 1. The smallest absolute Gasteiger partial charge is 0.148 e. The number of fused-ring (bicyclic) bond motifs is 1. The van der Waals surface area contributed by atoms with E-state index in [9.17, 15) is 5.26 Å². The fraction of sp³-hybridized carbons (Fsp3) is 0.375. The van der Waals surface area contributed by atoms with Crippen molar-refractivity contribution >= 4 is 11.3 Å². The Morgan fingerprint density at radius 1 is 1.23 bits per heavy atom. The molecule has 0 bridgehead atoms. The van der Waals surface area contributed by atoms with E-state index >= 15 is 0 Å². The molecule has 1 aliphatic rings. The Morgan fingerprint density at radius 3 is 2.83 bits per heavy atom. The maximum atomic E-state index is 9.51. The zero-order chi connectivity index (χ0) is 21.1. The van der Waals surface area contributed by atoms with Crippen LogP contribution in [-0.2, 0) is 6.42 Å². The van der Waals surface area contributed by atoms with Crippen LogP contribution in [0.3, 0.4) is 0 Å². The van der Waals surface area contributed by atoms with E-state index in [1.54, 1.807) is 11.3 Å². The number of rotatable bonds is 7. The maximum absolute atomic E-state index is 9.51. The second-order valence-electron chi connectivity index (χ2n) is 7.82. The predicted octanol–water partition coefficient (Wildman–Crippen LogP) is 5.52. The van der Waals surface area contributed by atoms with Crippen molar-refractivity contribution < 1.29 is 4.74 Å². The molecule has 4 rings (SSSR count). The quantitative estimate of drug-likeness (QED) is 0.547. The molecule has 6 heteroatoms. The molecular weight excluding hydrogens is 392 g/mol. The number of hydrogen-bond acceptors (Lipinski definition) is 6. The Hall–Kier alpha value is -2.75. The van der Waals surface area contributed by atoms with Crippen LogP contribution >= 0.6 is 11.3 Å². The molecule has 1 aromatic heterocycles. The van der Waals surface area contributed by atoms with Gasteiger partial charge in [0.25, 0.3) is 0 Å². The van der Waals surface area contributed by atoms with Crippen molar-refractivity contribution in [1.82, 2.24) is 15.5 Å². The lowest BCUT2D eigenvalue weighted by Gasteiger charge is -2.13. The largest absolute Gasteiger partial charge is 0.490 e. The van der Waals surface area contributed by atoms with Gasteiger partial charge >= 0.3 is 0 Å². The third-order valence-electron chi connectivity index (χ3n) is 5.28. The lowest BCUT2D eigenvalue weighted by atomic mass is 10.0. The van der Waals surface area contributed by atoms with Gasteiger partial charge in [0.05, 0.1) is 11.7 Å². The highest BCUT2D eigenvalue weighted by Gasteiger charge is 2.25. The number of benzene rings is 2. The average Bonchev–Trinajstić information content (AvgIpc) is 3.39. The third-order valence-corrected chi connectivity index (χ3v) is 6.28. The minimum atomic E-state index is 0.0203. The standard InChI is InChI=1S/C24H26N4OS/c1-4-12-26-21-10-9-18-19(21)6-5-7-20(18)24-28-27-23(30-24)16-8-11-22(29-15(2)3)17(13-16)14-25/h5-8,11,13,15,21,26H,4,9-10,12H2,1-3H3/t21-/m0/s1. The van der Waals surface area contributed by atoms with Gasteiger partial charge in [-0.1, -0.05) is 36.5 Å². The Balaban J connectivity index is 1.63. The van der Waals surface area contributed by atoms with Crippen molar-refractivity contribution in [2.75, 3.05) is 6.54 Å². The van der Waals surface area contributed by atoms with E-state index in [1.165, 1.54) is 16.7 Å². The van der Waals surface area contributed by atoms with Crippen molar-refractivity contribution in [1.29, 1.82) is 5.26 Å². The fourth-order valence-electron chi connectivity index (χ4n) is 3.94. The number of hydrogen-bond donors (Lipinski definition) is 1. The highest BCUT2D eigenvalue weighted by Crippen LogP contribution is 2.40. The van der Waals surface area contributed by atoms with Gasteiger partial charge in [0.2, 0.25) is 0 Å². The van der Waals surface area contributed by atoms with E-state index in [0.717, 1.165) is 41.4 Å². The van der Waals surface area contributed by atoms with Crippen molar-refractivity contribution in [2.24, 2.45) is 0 Å². The Kier molecular flexibility index (Phi) is 6.12. The zero-order valence-corrected chi connectivity index (χ0v) is 18.4. The molecule has 1 atom stereocenters. The topological polar surface area (TPSA) is 70.8 Å². The summed E-state index contributed by atoms with van der Waals surface area (Å²) in [5, 5.41) is 23.8. The van der Waals surface area contributed by atoms with Crippen LogP contribution in [0.2, 0.25) is 0 Å². The summed E-state index contributed by atoms with van der Waals surface area (Å²) >= 11 is 1.57. The molecule has 0 fully saturated rings. The van der Waals surface area contributed by atoms with E-state index in [1.807, 2.05) is 32.0 Å². The number of ether oxygens (including phenoxy) is 1. The van der Waals surface area contributed by atoms with Gasteiger partial charge in [-0.2, -0.15) is 5.26 Å². The van der Waals surface area contributed by atoms with Crippen LogP contribution in [0.4, 0.5) is 0 Å². The van der Waals surface area contributed by atoms with E-state index in [4.69, 9.17) is 4.74 Å². The zero-order valence-electron chi connectivity index (χ0n) is 17.6. The van der Waals surface area contributed by atoms with E-state index < -0.39 is 0 Å². The minimum Gasteiger partial charge on any atom is -0.490 e. The molecule has 0 amide bonds. The number of nitriles is 1. The molecule has 1 aliphatic carbocycles. The normalized spacial score (nSPS) is 15.2. The van der Waals surface area contributed by atoms with Crippen LogP contribution in [0.25, 0.3) is 21.1 Å². The molecule has 0 unspecified atom stereocenters. The summed E-state index contributed by atoms with van der Waals surface area (Å²) in [6.45, 7) is 7.13. The highest BCUT2D eigenvalue weighted by atomic mass is 32.1. The summed E-state index contributed by atoms with van der Waals surface area (Å²) in [7, 11) is 0. The Bertz CT molecular complexity index is 1080. The lowest BCUT2D eigenvalue weighted by molar-refractivity contribution is 0.242. The molecule has 0 saturated carbocycles. The molecule has 0 spiro atoms. The maximum Gasteiger partial charge on any atom is 0.148 e. The summed E-state index contributed by atoms with van der Waals surface area (Å²) < 4.78 is 5.73. The van der Waals surface area contributed by atoms with Gasteiger partial charge in [-0.3, -0.25) is 0 Å². The van der Waals surface area contributed by atoms with Crippen molar-refractivity contribution in [3.05, 3.63) is 53.1 Å². The van der Waals surface area contributed by atoms with Crippen LogP contribution < -0.4 is 10.1 Å². The second-order valence-corrected chi connectivity index (χ2v) is 8.80. The first kappa shape index (κ1) is 20.5. The molecule has 5 nitrogen and oxygen atoms in total. The van der Waals surface area contributed by atoms with Gasteiger partial charge in [0.15, 0.2) is 0 Å². The molecule has 1 N–H and O–H groups in total. The van der Waals surface area contributed by atoms with Crippen LogP contribution in [0.15, 0.2) is 36.4 Å². The van der Waals surface area contributed by atoms with Crippen molar-refractivity contribution in [3.63, 3.8) is 0 Å². The van der Waals surface area contributed by atoms with Crippen LogP contribution in [0, 0.1) is 11.3 Å². The van der Waals surface area contributed by atoms with Gasteiger partial charge in [-0.05, 0) is 69.0 Å². The minimum absolute atomic E-state index is 0.0203. The van der Waals surface area contributed by atoms with Gasteiger partial charge in [0, 0.05) is 17.2 Å². The number of aromatic nitrogens is 2. The summed E-state index contributed by atoms with van der Waals surface area (Å²) in [6, 6.07) is 14.8. The first-order valence-electron chi connectivity index (χ1n) is 10.5. The van der Waals surface area contributed by atoms with Crippen LogP contribution in [0.5, 0.6) is 5.75 Å². The Morgan fingerprint density at radius 2 is 2.07 bits per heavy atom. The van der Waals surface area contributed by atoms with Gasteiger partial charge < -0.3 is 10.1 Å². The van der Waals surface area contributed by atoms with E-state index in [2.05, 4.69) is 46.7 Å². The molecular formula is C24H26N4OS. The molecule has 2 aromatic carbocycles. The summed E-state index contributed by atoms with van der Waals surface area (Å²) in [5.74, 6) is 0.604. The van der Waals surface area contributed by atoms with E-state index in [-0.39, 0.29) is 6.10 Å². The second kappa shape index (κ2) is 8.95. The molecule has 1 heterocycles. The summed E-state index contributed by atoms with van der Waals surface area (Å²) in [5.41, 5.74) is 5.36. The average molecular weight is 419 g/mol. The van der Waals surface area contributed by atoms with Gasteiger partial charge in [-0.15, -0.1) is 10.2 Å². The fourth-order valence-corrected chi connectivity index (χ4v) is 4.83. The number of nitrogens with zero attached hydrogens (tertiary/aromatic N) is 3. The van der Waals surface area contributed by atoms with E-state index in [0.29, 0.717) is 17.4 Å². The first-order chi connectivity index (χ1) is 14.6. The van der Waals surface area contributed by atoms with Crippen LogP contribution in [-0.4, -0.2) is 22.8 Å². The summed E-state index contributed by atoms with van der Waals surface area (Å²) in [4.78, 5) is 0. The molecule has 30 heavy (non-hydrogen) atoms. The molecule has 0 saturated heterocycles. The molecule has 3 aromatic rings. The van der Waals surface area contributed by atoms with Crippen LogP contribution in [0.1, 0.15) is 56.3 Å². The van der Waals surface area contributed by atoms with Gasteiger partial charge in [-0.25, -0.2) is 0 Å². The van der Waals surface area contributed by atoms with Gasteiger partial charge in [0.1, 0.15) is 21.8 Å². The first-order valence-corrected chi connectivity index (χ1v) is 11.3. The molecule has 0 radical (unpaired) electrons. The van der Waals surface area contributed by atoms with Crippen molar-refractivity contribution in [2.45, 2.75) is 52.2 Å². The Labute approximate surface area is 181 Å². The lowest BCUT2D eigenvalue weighted by Crippen LogP contribution is -2.19. The van der Waals surface area contributed by atoms with Crippen molar-refractivity contribution in [3.8, 4) is 33.0 Å². The highest BCUT2D eigenvalue weighted by molar-refractivity contribution is 7.17. The SMILES string of the molecule is CCCN[C@H]1CCc2c(-c3nnc(-c4ccc(OC(C)C)c(C#N)c4)s3)cccc21. The monoisotopic (exact) mass is 418 g/mol. The molecule has 154 valence electrons.